The Morgan fingerprint density at radius 3 is 2.55 bits per heavy atom. The molecular formula is C16H16O3S. The van der Waals surface area contributed by atoms with Crippen LogP contribution >= 0.6 is 11.3 Å². The third kappa shape index (κ3) is 2.43. The van der Waals surface area contributed by atoms with Crippen LogP contribution < -0.4 is 9.47 Å². The molecule has 0 spiro atoms. The van der Waals surface area contributed by atoms with Crippen molar-refractivity contribution in [2.45, 2.75) is 20.3 Å². The normalized spacial score (nSPS) is 13.9. The van der Waals surface area contributed by atoms with Crippen LogP contribution in [-0.2, 0) is 0 Å². The molecule has 4 heteroatoms. The first-order chi connectivity index (χ1) is 9.65. The number of carbonyl (C=O) groups is 1. The molecule has 0 bridgehead atoms. The van der Waals surface area contributed by atoms with Crippen molar-refractivity contribution in [1.29, 1.82) is 0 Å². The summed E-state index contributed by atoms with van der Waals surface area (Å²) in [6, 6.07) is 7.36. The van der Waals surface area contributed by atoms with Gasteiger partial charge in [-0.2, -0.15) is 0 Å². The Balaban J connectivity index is 1.94. The summed E-state index contributed by atoms with van der Waals surface area (Å²) in [5.74, 6) is 1.43. The average Bonchev–Trinajstić information content (AvgIpc) is 2.67. The molecule has 0 N–H and O–H groups in total. The highest BCUT2D eigenvalue weighted by Crippen LogP contribution is 2.32. The molecule has 2 aromatic rings. The van der Waals surface area contributed by atoms with Crippen LogP contribution in [0.5, 0.6) is 11.5 Å². The fourth-order valence-electron chi connectivity index (χ4n) is 2.13. The molecule has 0 atom stereocenters. The van der Waals surface area contributed by atoms with Crippen LogP contribution in [0.15, 0.2) is 24.3 Å². The molecule has 1 aliphatic heterocycles. The number of thiophene rings is 1. The Hall–Kier alpha value is -1.81. The highest BCUT2D eigenvalue weighted by Gasteiger charge is 2.17. The van der Waals surface area contributed by atoms with Crippen molar-refractivity contribution in [3.63, 3.8) is 0 Å². The summed E-state index contributed by atoms with van der Waals surface area (Å²) in [5.41, 5.74) is 1.81. The predicted octanol–water partition coefficient (Wildman–Crippen LogP) is 3.76. The standard InChI is InChI=1S/C16H16O3S/c1-10-8-15(20-11(10)2)16(17)12-4-5-13-14(9-12)19-7-3-6-18-13/h4-5,8-9H,3,6-7H2,1-2H3. The second kappa shape index (κ2) is 5.29. The number of hydrogen-bond acceptors (Lipinski definition) is 4. The van der Waals surface area contributed by atoms with Gasteiger partial charge in [0.2, 0.25) is 5.78 Å². The number of rotatable bonds is 2. The molecule has 0 amide bonds. The third-order valence-corrected chi connectivity index (χ3v) is 4.55. The van der Waals surface area contributed by atoms with Crippen LogP contribution in [0.25, 0.3) is 0 Å². The fraction of sp³-hybridized carbons (Fsp3) is 0.312. The van der Waals surface area contributed by atoms with Crippen LogP contribution in [0.4, 0.5) is 0 Å². The van der Waals surface area contributed by atoms with Crippen molar-refractivity contribution in [1.82, 2.24) is 0 Å². The molecule has 0 unspecified atom stereocenters. The Bertz CT molecular complexity index is 638. The number of fused-ring (bicyclic) bond motifs is 1. The molecule has 2 heterocycles. The van der Waals surface area contributed by atoms with Crippen LogP contribution in [0, 0.1) is 13.8 Å². The van der Waals surface area contributed by atoms with Crippen molar-refractivity contribution in [2.75, 3.05) is 13.2 Å². The van der Waals surface area contributed by atoms with Gasteiger partial charge in [-0.1, -0.05) is 0 Å². The Kier molecular flexibility index (Phi) is 3.49. The first-order valence-electron chi connectivity index (χ1n) is 6.66. The summed E-state index contributed by atoms with van der Waals surface area (Å²) in [5, 5.41) is 0. The molecule has 1 aromatic heterocycles. The number of ether oxygens (including phenoxy) is 2. The lowest BCUT2D eigenvalue weighted by Crippen LogP contribution is -2.00. The molecule has 0 saturated heterocycles. The molecule has 1 aromatic carbocycles. The maximum atomic E-state index is 12.5. The van der Waals surface area contributed by atoms with E-state index in [1.54, 1.807) is 12.1 Å². The molecule has 104 valence electrons. The van der Waals surface area contributed by atoms with Gasteiger partial charge in [-0.25, -0.2) is 0 Å². The lowest BCUT2D eigenvalue weighted by molar-refractivity contribution is 0.104. The van der Waals surface area contributed by atoms with Crippen LogP contribution in [0.2, 0.25) is 0 Å². The second-order valence-electron chi connectivity index (χ2n) is 4.89. The summed E-state index contributed by atoms with van der Waals surface area (Å²) >= 11 is 1.54. The van der Waals surface area contributed by atoms with Crippen molar-refractivity contribution >= 4 is 17.1 Å². The van der Waals surface area contributed by atoms with E-state index in [1.807, 2.05) is 26.0 Å². The van der Waals surface area contributed by atoms with Gasteiger partial charge in [-0.05, 0) is 43.7 Å². The molecule has 0 aliphatic carbocycles. The van der Waals surface area contributed by atoms with Gasteiger partial charge in [0.15, 0.2) is 11.5 Å². The maximum absolute atomic E-state index is 12.5. The quantitative estimate of drug-likeness (QED) is 0.789. The van der Waals surface area contributed by atoms with E-state index in [9.17, 15) is 4.79 Å². The van der Waals surface area contributed by atoms with Gasteiger partial charge in [0.05, 0.1) is 18.1 Å². The van der Waals surface area contributed by atoms with E-state index in [0.29, 0.717) is 24.5 Å². The number of aryl methyl sites for hydroxylation is 2. The minimum atomic E-state index is 0.0434. The van der Waals surface area contributed by atoms with Gasteiger partial charge in [-0.3, -0.25) is 4.79 Å². The van der Waals surface area contributed by atoms with Gasteiger partial charge >= 0.3 is 0 Å². The lowest BCUT2D eigenvalue weighted by Gasteiger charge is -2.08. The summed E-state index contributed by atoms with van der Waals surface area (Å²) in [6.07, 6.45) is 0.862. The van der Waals surface area contributed by atoms with Crippen molar-refractivity contribution < 1.29 is 14.3 Å². The van der Waals surface area contributed by atoms with Crippen molar-refractivity contribution in [3.8, 4) is 11.5 Å². The minimum Gasteiger partial charge on any atom is -0.490 e. The molecule has 1 aliphatic rings. The Morgan fingerprint density at radius 2 is 1.85 bits per heavy atom. The molecule has 3 rings (SSSR count). The highest BCUT2D eigenvalue weighted by atomic mass is 32.1. The smallest absolute Gasteiger partial charge is 0.203 e. The SMILES string of the molecule is Cc1cc(C(=O)c2ccc3c(c2)OCCCO3)sc1C. The highest BCUT2D eigenvalue weighted by molar-refractivity contribution is 7.14. The van der Waals surface area contributed by atoms with E-state index in [0.717, 1.165) is 22.6 Å². The van der Waals surface area contributed by atoms with E-state index in [4.69, 9.17) is 9.47 Å². The third-order valence-electron chi connectivity index (χ3n) is 3.40. The molecule has 20 heavy (non-hydrogen) atoms. The van der Waals surface area contributed by atoms with Crippen LogP contribution in [0.3, 0.4) is 0 Å². The summed E-state index contributed by atoms with van der Waals surface area (Å²) < 4.78 is 11.2. The zero-order valence-electron chi connectivity index (χ0n) is 11.6. The number of hydrogen-bond donors (Lipinski definition) is 0. The van der Waals surface area contributed by atoms with E-state index >= 15 is 0 Å². The molecule has 3 nitrogen and oxygen atoms in total. The van der Waals surface area contributed by atoms with E-state index in [-0.39, 0.29) is 5.78 Å². The van der Waals surface area contributed by atoms with Crippen molar-refractivity contribution in [3.05, 3.63) is 45.1 Å². The molecular weight excluding hydrogens is 272 g/mol. The van der Waals surface area contributed by atoms with Gasteiger partial charge in [-0.15, -0.1) is 11.3 Å². The number of benzene rings is 1. The zero-order valence-corrected chi connectivity index (χ0v) is 12.4. The van der Waals surface area contributed by atoms with E-state index in [1.165, 1.54) is 16.2 Å². The van der Waals surface area contributed by atoms with Crippen LogP contribution in [0.1, 0.15) is 32.1 Å². The number of ketones is 1. The largest absolute Gasteiger partial charge is 0.490 e. The summed E-state index contributed by atoms with van der Waals surface area (Å²) in [4.78, 5) is 14.5. The first kappa shape index (κ1) is 13.2. The molecule has 0 fully saturated rings. The van der Waals surface area contributed by atoms with Gasteiger partial charge in [0.1, 0.15) is 0 Å². The van der Waals surface area contributed by atoms with E-state index in [2.05, 4.69) is 0 Å². The zero-order chi connectivity index (χ0) is 14.1. The molecule has 0 saturated carbocycles. The van der Waals surface area contributed by atoms with Gasteiger partial charge < -0.3 is 9.47 Å². The Labute approximate surface area is 122 Å². The van der Waals surface area contributed by atoms with Crippen molar-refractivity contribution in [2.24, 2.45) is 0 Å². The number of carbonyl (C=O) groups excluding carboxylic acids is 1. The van der Waals surface area contributed by atoms with E-state index < -0.39 is 0 Å². The predicted molar refractivity (Wildman–Crippen MR) is 79.3 cm³/mol. The first-order valence-corrected chi connectivity index (χ1v) is 7.48. The Morgan fingerprint density at radius 1 is 1.10 bits per heavy atom. The minimum absolute atomic E-state index is 0.0434. The van der Waals surface area contributed by atoms with Crippen LogP contribution in [-0.4, -0.2) is 19.0 Å². The lowest BCUT2D eigenvalue weighted by atomic mass is 10.1. The monoisotopic (exact) mass is 288 g/mol. The van der Waals surface area contributed by atoms with Gasteiger partial charge in [0.25, 0.3) is 0 Å². The summed E-state index contributed by atoms with van der Waals surface area (Å²) in [7, 11) is 0. The maximum Gasteiger partial charge on any atom is 0.203 e. The average molecular weight is 288 g/mol. The fourth-order valence-corrected chi connectivity index (χ4v) is 3.13. The summed E-state index contributed by atoms with van der Waals surface area (Å²) in [6.45, 7) is 5.34. The topological polar surface area (TPSA) is 35.5 Å². The molecule has 0 radical (unpaired) electrons. The second-order valence-corrected chi connectivity index (χ2v) is 6.15. The van der Waals surface area contributed by atoms with Gasteiger partial charge in [0, 0.05) is 16.9 Å².